The van der Waals surface area contributed by atoms with Crippen molar-refractivity contribution >= 4 is 34.8 Å². The highest BCUT2D eigenvalue weighted by Crippen LogP contribution is 2.25. The number of hydrogen-bond acceptors (Lipinski definition) is 4. The van der Waals surface area contributed by atoms with Crippen LogP contribution in [-0.4, -0.2) is 28.0 Å². The molecule has 0 spiro atoms. The molecular weight excluding hydrogens is 336 g/mol. The predicted molar refractivity (Wildman–Crippen MR) is 90.7 cm³/mol. The smallest absolute Gasteiger partial charge is 0.326 e. The minimum absolute atomic E-state index is 0.0561. The fourth-order valence-corrected chi connectivity index (χ4v) is 2.97. The largest absolute Gasteiger partial charge is 0.480 e. The van der Waals surface area contributed by atoms with Crippen LogP contribution in [0.5, 0.6) is 0 Å². The molecule has 2 rings (SSSR count). The van der Waals surface area contributed by atoms with Crippen LogP contribution in [-0.2, 0) is 16.0 Å². The number of carboxylic acid groups (broad SMARTS) is 1. The van der Waals surface area contributed by atoms with Gasteiger partial charge in [0.2, 0.25) is 5.91 Å². The highest BCUT2D eigenvalue weighted by molar-refractivity contribution is 7.13. The van der Waals surface area contributed by atoms with Gasteiger partial charge in [-0.2, -0.15) is 0 Å². The van der Waals surface area contributed by atoms with Gasteiger partial charge in [0.15, 0.2) is 0 Å². The van der Waals surface area contributed by atoms with Crippen LogP contribution >= 0.6 is 22.9 Å². The summed E-state index contributed by atoms with van der Waals surface area (Å²) in [5, 5.41) is 14.9. The Morgan fingerprint density at radius 1 is 1.30 bits per heavy atom. The number of carbonyl (C=O) groups is 2. The molecule has 0 radical (unpaired) electrons. The molecule has 0 aliphatic carbocycles. The zero-order valence-corrected chi connectivity index (χ0v) is 14.3. The van der Waals surface area contributed by atoms with Gasteiger partial charge in [0.1, 0.15) is 11.0 Å². The molecule has 0 bridgehead atoms. The molecule has 1 heterocycles. The summed E-state index contributed by atoms with van der Waals surface area (Å²) in [6.07, 6.45) is 0.0561. The molecule has 1 amide bonds. The highest BCUT2D eigenvalue weighted by Gasteiger charge is 2.23. The number of rotatable bonds is 6. The summed E-state index contributed by atoms with van der Waals surface area (Å²) >= 11 is 7.29. The van der Waals surface area contributed by atoms with Crippen LogP contribution < -0.4 is 5.32 Å². The van der Waals surface area contributed by atoms with Crippen molar-refractivity contribution in [1.82, 2.24) is 10.3 Å². The van der Waals surface area contributed by atoms with E-state index in [1.165, 1.54) is 11.3 Å². The Morgan fingerprint density at radius 2 is 1.96 bits per heavy atom. The Bertz CT molecular complexity index is 698. The summed E-state index contributed by atoms with van der Waals surface area (Å²) in [5.41, 5.74) is 1.54. The molecule has 7 heteroatoms. The van der Waals surface area contributed by atoms with E-state index in [4.69, 9.17) is 16.7 Å². The minimum Gasteiger partial charge on any atom is -0.480 e. The summed E-state index contributed by atoms with van der Waals surface area (Å²) in [5.74, 6) is -1.57. The van der Waals surface area contributed by atoms with Gasteiger partial charge in [0.05, 0.1) is 12.1 Å². The molecule has 2 N–H and O–H groups in total. The molecule has 0 fully saturated rings. The van der Waals surface area contributed by atoms with Gasteiger partial charge in [0.25, 0.3) is 0 Å². The van der Waals surface area contributed by atoms with Gasteiger partial charge in [-0.05, 0) is 18.1 Å². The lowest BCUT2D eigenvalue weighted by Crippen LogP contribution is -2.44. The minimum atomic E-state index is -1.03. The monoisotopic (exact) mass is 352 g/mol. The first-order valence-electron chi connectivity index (χ1n) is 7.09. The molecule has 1 aromatic heterocycles. The Kier molecular flexibility index (Phi) is 5.74. The van der Waals surface area contributed by atoms with Crippen LogP contribution in [0.4, 0.5) is 0 Å². The number of halogens is 1. The lowest BCUT2D eigenvalue weighted by Gasteiger charge is -2.17. The van der Waals surface area contributed by atoms with Crippen LogP contribution in [0.3, 0.4) is 0 Å². The van der Waals surface area contributed by atoms with Crippen molar-refractivity contribution in [3.8, 4) is 10.6 Å². The number of carbonyl (C=O) groups excluding carboxylic acids is 1. The molecule has 0 saturated heterocycles. The van der Waals surface area contributed by atoms with Crippen molar-refractivity contribution in [3.63, 3.8) is 0 Å². The third-order valence-corrected chi connectivity index (χ3v) is 4.43. The van der Waals surface area contributed by atoms with Crippen LogP contribution in [0.25, 0.3) is 10.6 Å². The van der Waals surface area contributed by atoms with Gasteiger partial charge in [-0.15, -0.1) is 11.3 Å². The van der Waals surface area contributed by atoms with Crippen molar-refractivity contribution in [2.75, 3.05) is 0 Å². The first-order chi connectivity index (χ1) is 10.9. The maximum atomic E-state index is 12.0. The fraction of sp³-hybridized carbons (Fsp3) is 0.312. The number of nitrogens with zero attached hydrogens (tertiary/aromatic N) is 1. The van der Waals surface area contributed by atoms with E-state index in [0.717, 1.165) is 10.6 Å². The second-order valence-electron chi connectivity index (χ2n) is 5.46. The third kappa shape index (κ3) is 4.77. The summed E-state index contributed by atoms with van der Waals surface area (Å²) < 4.78 is 0. The van der Waals surface area contributed by atoms with E-state index in [1.54, 1.807) is 31.4 Å². The lowest BCUT2D eigenvalue weighted by atomic mass is 10.0. The maximum absolute atomic E-state index is 12.0. The molecule has 0 aliphatic heterocycles. The SMILES string of the molecule is CC(C)C(NC(=O)Cc1csc(-c2ccc(Cl)cc2)n1)C(=O)O. The number of carboxylic acids is 1. The van der Waals surface area contributed by atoms with Crippen molar-refractivity contribution in [2.45, 2.75) is 26.3 Å². The van der Waals surface area contributed by atoms with Gasteiger partial charge < -0.3 is 10.4 Å². The van der Waals surface area contributed by atoms with Crippen LogP contribution in [0.1, 0.15) is 19.5 Å². The van der Waals surface area contributed by atoms with E-state index in [9.17, 15) is 9.59 Å². The molecule has 1 atom stereocenters. The lowest BCUT2D eigenvalue weighted by molar-refractivity contribution is -0.143. The Hall–Kier alpha value is -1.92. The second-order valence-corrected chi connectivity index (χ2v) is 6.75. The molecular formula is C16H17ClN2O3S. The van der Waals surface area contributed by atoms with Gasteiger partial charge in [-0.3, -0.25) is 4.79 Å². The maximum Gasteiger partial charge on any atom is 0.326 e. The van der Waals surface area contributed by atoms with Gasteiger partial charge >= 0.3 is 5.97 Å². The molecule has 0 aliphatic rings. The summed E-state index contributed by atoms with van der Waals surface area (Å²) in [6.45, 7) is 3.50. The first kappa shape index (κ1) is 17.4. The molecule has 1 aromatic carbocycles. The topological polar surface area (TPSA) is 79.3 Å². The quantitative estimate of drug-likeness (QED) is 0.836. The number of benzene rings is 1. The van der Waals surface area contributed by atoms with E-state index >= 15 is 0 Å². The van der Waals surface area contributed by atoms with Gasteiger partial charge in [-0.25, -0.2) is 9.78 Å². The summed E-state index contributed by atoms with van der Waals surface area (Å²) in [4.78, 5) is 27.5. The van der Waals surface area contributed by atoms with Crippen LogP contribution in [0.2, 0.25) is 5.02 Å². The van der Waals surface area contributed by atoms with E-state index in [1.807, 2.05) is 12.1 Å². The molecule has 0 saturated carbocycles. The summed E-state index contributed by atoms with van der Waals surface area (Å²) in [7, 11) is 0. The van der Waals surface area contributed by atoms with E-state index in [-0.39, 0.29) is 18.2 Å². The Balaban J connectivity index is 2.02. The number of nitrogens with one attached hydrogen (secondary N) is 1. The molecule has 2 aromatic rings. The average molecular weight is 353 g/mol. The van der Waals surface area contributed by atoms with Gasteiger partial charge in [0, 0.05) is 16.0 Å². The van der Waals surface area contributed by atoms with E-state index in [0.29, 0.717) is 10.7 Å². The third-order valence-electron chi connectivity index (χ3n) is 3.23. The molecule has 122 valence electrons. The Morgan fingerprint density at radius 3 is 2.52 bits per heavy atom. The first-order valence-corrected chi connectivity index (χ1v) is 8.35. The number of hydrogen-bond donors (Lipinski definition) is 2. The van der Waals surface area contributed by atoms with E-state index in [2.05, 4.69) is 10.3 Å². The fourth-order valence-electron chi connectivity index (χ4n) is 2.02. The normalized spacial score (nSPS) is 12.2. The molecule has 1 unspecified atom stereocenters. The predicted octanol–water partition coefficient (Wildman–Crippen LogP) is 3.23. The number of aromatic nitrogens is 1. The van der Waals surface area contributed by atoms with Crippen molar-refractivity contribution in [3.05, 3.63) is 40.4 Å². The second kappa shape index (κ2) is 7.57. The van der Waals surface area contributed by atoms with Gasteiger partial charge in [-0.1, -0.05) is 37.6 Å². The zero-order chi connectivity index (χ0) is 17.0. The van der Waals surface area contributed by atoms with Crippen molar-refractivity contribution < 1.29 is 14.7 Å². The summed E-state index contributed by atoms with van der Waals surface area (Å²) in [6, 6.07) is 6.40. The van der Waals surface area contributed by atoms with Crippen LogP contribution in [0.15, 0.2) is 29.6 Å². The van der Waals surface area contributed by atoms with E-state index < -0.39 is 12.0 Å². The molecule has 23 heavy (non-hydrogen) atoms. The van der Waals surface area contributed by atoms with Crippen molar-refractivity contribution in [2.24, 2.45) is 5.92 Å². The average Bonchev–Trinajstić information content (AvgIpc) is 2.93. The highest BCUT2D eigenvalue weighted by atomic mass is 35.5. The zero-order valence-electron chi connectivity index (χ0n) is 12.7. The number of aliphatic carboxylic acids is 1. The van der Waals surface area contributed by atoms with Crippen LogP contribution in [0, 0.1) is 5.92 Å². The number of thiazole rings is 1. The molecule has 5 nitrogen and oxygen atoms in total. The Labute approximate surface area is 143 Å². The van der Waals surface area contributed by atoms with Crippen molar-refractivity contribution in [1.29, 1.82) is 0 Å². The number of amides is 1. The standard InChI is InChI=1S/C16H17ClN2O3S/c1-9(2)14(16(21)22)19-13(20)7-12-8-23-15(18-12)10-3-5-11(17)6-4-10/h3-6,8-9,14H,7H2,1-2H3,(H,19,20)(H,21,22).